The molecule has 24 heavy (non-hydrogen) atoms. The van der Waals surface area contributed by atoms with Gasteiger partial charge in [-0.05, 0) is 53.3 Å². The minimum Gasteiger partial charge on any atom is -0.304 e. The van der Waals surface area contributed by atoms with E-state index >= 15 is 0 Å². The van der Waals surface area contributed by atoms with Gasteiger partial charge in [0.15, 0.2) is 0 Å². The summed E-state index contributed by atoms with van der Waals surface area (Å²) in [6.07, 6.45) is 1.53. The van der Waals surface area contributed by atoms with Crippen LogP contribution in [-0.4, -0.2) is 44.4 Å². The molecule has 0 aliphatic heterocycles. The summed E-state index contributed by atoms with van der Waals surface area (Å²) in [5.74, 6) is 0. The van der Waals surface area contributed by atoms with Gasteiger partial charge in [-0.25, -0.2) is 13.1 Å². The second-order valence-electron chi connectivity index (χ2n) is 5.99. The number of nitro benzene ring substituents is 1. The Kier molecular flexibility index (Phi) is 7.59. The van der Waals surface area contributed by atoms with Gasteiger partial charge >= 0.3 is 0 Å². The summed E-state index contributed by atoms with van der Waals surface area (Å²) in [6, 6.07) is 2.71. The smallest absolute Gasteiger partial charge is 0.275 e. The highest BCUT2D eigenvalue weighted by molar-refractivity contribution is 7.89. The summed E-state index contributed by atoms with van der Waals surface area (Å²) in [5, 5.41) is 11.1. The van der Waals surface area contributed by atoms with E-state index in [0.29, 0.717) is 12.5 Å². The highest BCUT2D eigenvalue weighted by Gasteiger charge is 2.22. The van der Waals surface area contributed by atoms with Gasteiger partial charge in [-0.2, -0.15) is 0 Å². The first-order valence-electron chi connectivity index (χ1n) is 7.70. The van der Waals surface area contributed by atoms with Crippen LogP contribution in [0.3, 0.4) is 0 Å². The van der Waals surface area contributed by atoms with Crippen molar-refractivity contribution in [3.8, 4) is 0 Å². The third kappa shape index (κ3) is 5.70. The predicted molar refractivity (Wildman–Crippen MR) is 95.0 cm³/mol. The normalized spacial score (nSPS) is 12.1. The van der Waals surface area contributed by atoms with Gasteiger partial charge in [-0.1, -0.05) is 11.6 Å². The van der Waals surface area contributed by atoms with Gasteiger partial charge in [0.05, 0.1) is 14.8 Å². The summed E-state index contributed by atoms with van der Waals surface area (Å²) in [5.41, 5.74) is -0.0567. The molecule has 0 bridgehead atoms. The second kappa shape index (κ2) is 8.75. The van der Waals surface area contributed by atoms with Crippen molar-refractivity contribution in [1.29, 1.82) is 0 Å². The Balaban J connectivity index is 2.71. The van der Waals surface area contributed by atoms with E-state index in [-0.39, 0.29) is 27.7 Å². The molecule has 0 saturated carbocycles. The molecule has 0 atom stereocenters. The molecule has 0 fully saturated rings. The summed E-state index contributed by atoms with van der Waals surface area (Å²) >= 11 is 5.92. The molecule has 0 aliphatic rings. The predicted octanol–water partition coefficient (Wildman–Crippen LogP) is 2.96. The van der Waals surface area contributed by atoms with Crippen LogP contribution >= 0.6 is 11.6 Å². The van der Waals surface area contributed by atoms with Crippen LogP contribution in [0.5, 0.6) is 0 Å². The zero-order chi connectivity index (χ0) is 18.5. The third-order valence-corrected chi connectivity index (χ3v) is 5.74. The average Bonchev–Trinajstić information content (AvgIpc) is 2.48. The Morgan fingerprint density at radius 3 is 2.50 bits per heavy atom. The topological polar surface area (TPSA) is 92.6 Å². The Morgan fingerprint density at radius 1 is 1.33 bits per heavy atom. The van der Waals surface area contributed by atoms with Crippen LogP contribution in [0.15, 0.2) is 17.0 Å². The Labute approximate surface area is 148 Å². The molecule has 0 spiro atoms. The van der Waals surface area contributed by atoms with Crippen LogP contribution in [-0.2, 0) is 10.0 Å². The second-order valence-corrected chi connectivity index (χ2v) is 8.16. The standard InChI is InChI=1S/C15H24ClN3O4S/c1-11(2)18(4)8-6-5-7-17-24(22,23)13-9-14(16)12(3)15(10-13)19(20)21/h9-11,17H,5-8H2,1-4H3. The van der Waals surface area contributed by atoms with E-state index in [2.05, 4.69) is 23.5 Å². The van der Waals surface area contributed by atoms with E-state index in [0.717, 1.165) is 19.0 Å². The van der Waals surface area contributed by atoms with Gasteiger partial charge in [0.2, 0.25) is 10.0 Å². The molecule has 0 heterocycles. The maximum absolute atomic E-state index is 12.3. The molecule has 1 rings (SSSR count). The largest absolute Gasteiger partial charge is 0.304 e. The van der Waals surface area contributed by atoms with E-state index in [1.54, 1.807) is 0 Å². The third-order valence-electron chi connectivity index (χ3n) is 3.91. The first-order valence-corrected chi connectivity index (χ1v) is 9.57. The van der Waals surface area contributed by atoms with Gasteiger partial charge in [-0.15, -0.1) is 0 Å². The zero-order valence-corrected chi connectivity index (χ0v) is 15.9. The van der Waals surface area contributed by atoms with Gasteiger partial charge in [0.1, 0.15) is 0 Å². The molecule has 1 aromatic rings. The molecular formula is C15H24ClN3O4S. The number of nitrogens with zero attached hydrogens (tertiary/aromatic N) is 2. The summed E-state index contributed by atoms with van der Waals surface area (Å²) in [6.45, 7) is 6.82. The first kappa shape index (κ1) is 20.8. The molecule has 0 unspecified atom stereocenters. The fourth-order valence-electron chi connectivity index (χ4n) is 2.02. The monoisotopic (exact) mass is 377 g/mol. The summed E-state index contributed by atoms with van der Waals surface area (Å²) < 4.78 is 27.0. The zero-order valence-electron chi connectivity index (χ0n) is 14.4. The molecule has 9 heteroatoms. The molecule has 0 aromatic heterocycles. The maximum Gasteiger partial charge on any atom is 0.275 e. The average molecular weight is 378 g/mol. The van der Waals surface area contributed by atoms with Crippen molar-refractivity contribution >= 4 is 27.3 Å². The molecule has 1 aromatic carbocycles. The molecule has 136 valence electrons. The maximum atomic E-state index is 12.3. The van der Waals surface area contributed by atoms with Gasteiger partial charge in [0.25, 0.3) is 5.69 Å². The molecule has 0 saturated heterocycles. The lowest BCUT2D eigenvalue weighted by Gasteiger charge is -2.20. The van der Waals surface area contributed by atoms with Crippen LogP contribution < -0.4 is 4.72 Å². The number of nitrogens with one attached hydrogen (secondary N) is 1. The summed E-state index contributed by atoms with van der Waals surface area (Å²) in [7, 11) is -1.81. The van der Waals surface area contributed by atoms with Crippen LogP contribution in [0.4, 0.5) is 5.69 Å². The lowest BCUT2D eigenvalue weighted by atomic mass is 10.2. The molecule has 1 N–H and O–H groups in total. The number of unbranched alkanes of at least 4 members (excludes halogenated alkanes) is 1. The number of nitro groups is 1. The van der Waals surface area contributed by atoms with E-state index < -0.39 is 14.9 Å². The van der Waals surface area contributed by atoms with Crippen molar-refractivity contribution in [3.63, 3.8) is 0 Å². The fourth-order valence-corrected chi connectivity index (χ4v) is 3.42. The van der Waals surface area contributed by atoms with Crippen LogP contribution in [0.1, 0.15) is 32.3 Å². The van der Waals surface area contributed by atoms with Crippen molar-refractivity contribution in [3.05, 3.63) is 32.8 Å². The van der Waals surface area contributed by atoms with Gasteiger partial charge < -0.3 is 4.90 Å². The quantitative estimate of drug-likeness (QED) is 0.405. The van der Waals surface area contributed by atoms with Crippen LogP contribution in [0.2, 0.25) is 5.02 Å². The number of rotatable bonds is 9. The van der Waals surface area contributed by atoms with E-state index in [1.807, 2.05) is 7.05 Å². The van der Waals surface area contributed by atoms with Gasteiger partial charge in [-0.3, -0.25) is 10.1 Å². The molecule has 0 aliphatic carbocycles. The number of hydrogen-bond acceptors (Lipinski definition) is 5. The van der Waals surface area contributed by atoms with Crippen molar-refractivity contribution < 1.29 is 13.3 Å². The van der Waals surface area contributed by atoms with Gasteiger partial charge in [0, 0.05) is 24.2 Å². The Bertz CT molecular complexity index is 692. The van der Waals surface area contributed by atoms with E-state index in [9.17, 15) is 18.5 Å². The molecule has 0 radical (unpaired) electrons. The van der Waals surface area contributed by atoms with Crippen molar-refractivity contribution in [2.24, 2.45) is 0 Å². The molecule has 0 amide bonds. The highest BCUT2D eigenvalue weighted by Crippen LogP contribution is 2.29. The van der Waals surface area contributed by atoms with E-state index in [1.165, 1.54) is 13.0 Å². The van der Waals surface area contributed by atoms with Crippen molar-refractivity contribution in [1.82, 2.24) is 9.62 Å². The lowest BCUT2D eigenvalue weighted by molar-refractivity contribution is -0.385. The van der Waals surface area contributed by atoms with Crippen LogP contribution in [0, 0.1) is 17.0 Å². The highest BCUT2D eigenvalue weighted by atomic mass is 35.5. The van der Waals surface area contributed by atoms with Crippen molar-refractivity contribution in [2.45, 2.75) is 44.6 Å². The number of halogens is 1. The first-order chi connectivity index (χ1) is 11.1. The van der Waals surface area contributed by atoms with Crippen LogP contribution in [0.25, 0.3) is 0 Å². The lowest BCUT2D eigenvalue weighted by Crippen LogP contribution is -2.29. The fraction of sp³-hybridized carbons (Fsp3) is 0.600. The number of sulfonamides is 1. The Morgan fingerprint density at radius 2 is 1.96 bits per heavy atom. The minimum atomic E-state index is -3.83. The number of benzene rings is 1. The Hall–Kier alpha value is -1.22. The molecular weight excluding hydrogens is 354 g/mol. The summed E-state index contributed by atoms with van der Waals surface area (Å²) in [4.78, 5) is 12.3. The van der Waals surface area contributed by atoms with Crippen molar-refractivity contribution in [2.75, 3.05) is 20.1 Å². The molecule has 7 nitrogen and oxygen atoms in total. The minimum absolute atomic E-state index is 0.0585. The number of hydrogen-bond donors (Lipinski definition) is 1. The SMILES string of the molecule is Cc1c(Cl)cc(S(=O)(=O)NCCCCN(C)C(C)C)cc1[N+](=O)[O-]. The van der Waals surface area contributed by atoms with E-state index in [4.69, 9.17) is 11.6 Å².